The van der Waals surface area contributed by atoms with Crippen molar-refractivity contribution in [2.75, 3.05) is 19.5 Å². The van der Waals surface area contributed by atoms with E-state index in [4.69, 9.17) is 9.72 Å². The molecule has 0 spiro atoms. The van der Waals surface area contributed by atoms with Crippen LogP contribution in [0.2, 0.25) is 0 Å². The SMILES string of the molecule is CCCc1nc(NC)c(C)c(-c2ccccc2OC)n1. The van der Waals surface area contributed by atoms with Crippen molar-refractivity contribution in [1.29, 1.82) is 0 Å². The standard InChI is InChI=1S/C16H21N3O/c1-5-8-14-18-15(11(2)16(17-3)19-14)12-9-6-7-10-13(12)20-4/h6-7,9-10H,5,8H2,1-4H3,(H,17,18,19). The van der Waals surface area contributed by atoms with Gasteiger partial charge in [0.1, 0.15) is 17.4 Å². The Morgan fingerprint density at radius 1 is 1.20 bits per heavy atom. The Morgan fingerprint density at radius 2 is 1.95 bits per heavy atom. The number of benzene rings is 1. The third kappa shape index (κ3) is 2.74. The first-order chi connectivity index (χ1) is 9.71. The summed E-state index contributed by atoms with van der Waals surface area (Å²) in [6.45, 7) is 4.16. The maximum atomic E-state index is 5.45. The molecule has 20 heavy (non-hydrogen) atoms. The van der Waals surface area contributed by atoms with Gasteiger partial charge in [0, 0.05) is 24.6 Å². The first-order valence-corrected chi connectivity index (χ1v) is 6.89. The summed E-state index contributed by atoms with van der Waals surface area (Å²) in [5.74, 6) is 2.58. The molecule has 0 amide bonds. The number of para-hydroxylation sites is 1. The maximum Gasteiger partial charge on any atom is 0.133 e. The van der Waals surface area contributed by atoms with Gasteiger partial charge < -0.3 is 10.1 Å². The zero-order valence-corrected chi connectivity index (χ0v) is 12.5. The second-order valence-electron chi connectivity index (χ2n) is 4.66. The van der Waals surface area contributed by atoms with Gasteiger partial charge in [-0.25, -0.2) is 9.97 Å². The smallest absolute Gasteiger partial charge is 0.133 e. The van der Waals surface area contributed by atoms with Crippen molar-refractivity contribution in [2.24, 2.45) is 0 Å². The van der Waals surface area contributed by atoms with Gasteiger partial charge in [0.05, 0.1) is 12.8 Å². The number of hydrogen-bond donors (Lipinski definition) is 1. The van der Waals surface area contributed by atoms with Crippen LogP contribution < -0.4 is 10.1 Å². The van der Waals surface area contributed by atoms with E-state index in [1.54, 1.807) is 7.11 Å². The second-order valence-corrected chi connectivity index (χ2v) is 4.66. The molecule has 106 valence electrons. The van der Waals surface area contributed by atoms with E-state index in [1.807, 2.05) is 38.2 Å². The third-order valence-corrected chi connectivity index (χ3v) is 3.26. The minimum atomic E-state index is 0.832. The van der Waals surface area contributed by atoms with Crippen LogP contribution in [-0.4, -0.2) is 24.1 Å². The Bertz CT molecular complexity index is 596. The molecule has 0 fully saturated rings. The number of nitrogens with zero attached hydrogens (tertiary/aromatic N) is 2. The highest BCUT2D eigenvalue weighted by Gasteiger charge is 2.14. The minimum Gasteiger partial charge on any atom is -0.496 e. The van der Waals surface area contributed by atoms with E-state index in [1.165, 1.54) is 0 Å². The van der Waals surface area contributed by atoms with E-state index in [9.17, 15) is 0 Å². The minimum absolute atomic E-state index is 0.832. The van der Waals surface area contributed by atoms with Gasteiger partial charge in [-0.1, -0.05) is 19.1 Å². The Balaban J connectivity index is 2.62. The van der Waals surface area contributed by atoms with Crippen molar-refractivity contribution in [3.8, 4) is 17.0 Å². The molecule has 0 aliphatic carbocycles. The molecule has 0 radical (unpaired) electrons. The molecule has 0 unspecified atom stereocenters. The van der Waals surface area contributed by atoms with Gasteiger partial charge in [-0.05, 0) is 25.5 Å². The molecule has 1 heterocycles. The number of nitrogens with one attached hydrogen (secondary N) is 1. The van der Waals surface area contributed by atoms with Crippen molar-refractivity contribution in [3.05, 3.63) is 35.7 Å². The molecule has 0 aliphatic heterocycles. The van der Waals surface area contributed by atoms with Crippen LogP contribution in [0.5, 0.6) is 5.75 Å². The summed E-state index contributed by atoms with van der Waals surface area (Å²) in [7, 11) is 3.57. The summed E-state index contributed by atoms with van der Waals surface area (Å²) in [5, 5.41) is 3.15. The van der Waals surface area contributed by atoms with Crippen LogP contribution in [-0.2, 0) is 6.42 Å². The van der Waals surface area contributed by atoms with Gasteiger partial charge in [-0.2, -0.15) is 0 Å². The molecule has 0 saturated heterocycles. The van der Waals surface area contributed by atoms with Crippen LogP contribution in [0.1, 0.15) is 24.7 Å². The predicted octanol–water partition coefficient (Wildman–Crippen LogP) is 3.45. The van der Waals surface area contributed by atoms with Crippen LogP contribution in [0.3, 0.4) is 0 Å². The normalized spacial score (nSPS) is 10.4. The number of ether oxygens (including phenoxy) is 1. The highest BCUT2D eigenvalue weighted by molar-refractivity contribution is 5.73. The summed E-state index contributed by atoms with van der Waals surface area (Å²) in [4.78, 5) is 9.28. The molecule has 4 heteroatoms. The average Bonchev–Trinajstić information content (AvgIpc) is 2.49. The number of aryl methyl sites for hydroxylation is 1. The summed E-state index contributed by atoms with van der Waals surface area (Å²) >= 11 is 0. The average molecular weight is 271 g/mol. The van der Waals surface area contributed by atoms with Gasteiger partial charge >= 0.3 is 0 Å². The molecule has 0 bridgehead atoms. The third-order valence-electron chi connectivity index (χ3n) is 3.26. The number of hydrogen-bond acceptors (Lipinski definition) is 4. The summed E-state index contributed by atoms with van der Waals surface area (Å²) in [6, 6.07) is 7.95. The Labute approximate surface area is 120 Å². The lowest BCUT2D eigenvalue weighted by Gasteiger charge is -2.14. The molecule has 0 atom stereocenters. The zero-order chi connectivity index (χ0) is 14.5. The number of aromatic nitrogens is 2. The van der Waals surface area contributed by atoms with E-state index in [0.717, 1.165) is 47.1 Å². The lowest BCUT2D eigenvalue weighted by molar-refractivity contribution is 0.416. The van der Waals surface area contributed by atoms with E-state index in [0.29, 0.717) is 0 Å². The molecule has 4 nitrogen and oxygen atoms in total. The van der Waals surface area contributed by atoms with Crippen LogP contribution in [0.25, 0.3) is 11.3 Å². The van der Waals surface area contributed by atoms with Crippen LogP contribution in [0.4, 0.5) is 5.82 Å². The van der Waals surface area contributed by atoms with Crippen LogP contribution in [0, 0.1) is 6.92 Å². The van der Waals surface area contributed by atoms with E-state index >= 15 is 0 Å². The summed E-state index contributed by atoms with van der Waals surface area (Å²) in [6.07, 6.45) is 1.90. The highest BCUT2D eigenvalue weighted by atomic mass is 16.5. The second kappa shape index (κ2) is 6.37. The largest absolute Gasteiger partial charge is 0.496 e. The maximum absolute atomic E-state index is 5.45. The summed E-state index contributed by atoms with van der Waals surface area (Å²) < 4.78 is 5.45. The van der Waals surface area contributed by atoms with Crippen molar-refractivity contribution in [1.82, 2.24) is 9.97 Å². The van der Waals surface area contributed by atoms with Gasteiger partial charge in [0.25, 0.3) is 0 Å². The lowest BCUT2D eigenvalue weighted by Crippen LogP contribution is -2.05. The molecule has 1 aromatic heterocycles. The zero-order valence-electron chi connectivity index (χ0n) is 12.5. The molecular formula is C16H21N3O. The quantitative estimate of drug-likeness (QED) is 0.904. The molecule has 2 aromatic rings. The number of methoxy groups -OCH3 is 1. The fraction of sp³-hybridized carbons (Fsp3) is 0.375. The molecule has 2 rings (SSSR count). The number of anilines is 1. The molecule has 1 N–H and O–H groups in total. The molecule has 0 aliphatic rings. The number of rotatable bonds is 5. The molecule has 1 aromatic carbocycles. The molecule has 0 saturated carbocycles. The first kappa shape index (κ1) is 14.3. The van der Waals surface area contributed by atoms with E-state index in [2.05, 4.69) is 17.2 Å². The van der Waals surface area contributed by atoms with Crippen molar-refractivity contribution < 1.29 is 4.74 Å². The molecular weight excluding hydrogens is 250 g/mol. The van der Waals surface area contributed by atoms with Crippen LogP contribution >= 0.6 is 0 Å². The fourth-order valence-corrected chi connectivity index (χ4v) is 2.24. The van der Waals surface area contributed by atoms with Crippen LogP contribution in [0.15, 0.2) is 24.3 Å². The fourth-order valence-electron chi connectivity index (χ4n) is 2.24. The van der Waals surface area contributed by atoms with E-state index in [-0.39, 0.29) is 0 Å². The first-order valence-electron chi connectivity index (χ1n) is 6.89. The van der Waals surface area contributed by atoms with Gasteiger partial charge in [0.15, 0.2) is 0 Å². The van der Waals surface area contributed by atoms with Gasteiger partial charge in [0.2, 0.25) is 0 Å². The monoisotopic (exact) mass is 271 g/mol. The highest BCUT2D eigenvalue weighted by Crippen LogP contribution is 2.32. The predicted molar refractivity (Wildman–Crippen MR) is 82.3 cm³/mol. The Kier molecular flexibility index (Phi) is 4.56. The van der Waals surface area contributed by atoms with Gasteiger partial charge in [-0.15, -0.1) is 0 Å². The van der Waals surface area contributed by atoms with Crippen molar-refractivity contribution in [3.63, 3.8) is 0 Å². The van der Waals surface area contributed by atoms with Gasteiger partial charge in [-0.3, -0.25) is 0 Å². The summed E-state index contributed by atoms with van der Waals surface area (Å²) in [5.41, 5.74) is 2.98. The van der Waals surface area contributed by atoms with Crippen molar-refractivity contribution in [2.45, 2.75) is 26.7 Å². The lowest BCUT2D eigenvalue weighted by atomic mass is 10.1. The van der Waals surface area contributed by atoms with E-state index < -0.39 is 0 Å². The Hall–Kier alpha value is -2.10. The Morgan fingerprint density at radius 3 is 2.60 bits per heavy atom. The van der Waals surface area contributed by atoms with Crippen molar-refractivity contribution >= 4 is 5.82 Å². The topological polar surface area (TPSA) is 47.0 Å².